The maximum absolute atomic E-state index is 5.51. The smallest absolute Gasteiger partial charge is 0.219 e. The minimum Gasteiger partial charge on any atom is -0.425 e. The average Bonchev–Trinajstić information content (AvgIpc) is 2.87. The van der Waals surface area contributed by atoms with Crippen LogP contribution in [0.5, 0.6) is 0 Å². The van der Waals surface area contributed by atoms with Crippen LogP contribution in [0.3, 0.4) is 0 Å². The Kier molecular flexibility index (Phi) is 3.69. The monoisotopic (exact) mass is 211 g/mol. The maximum Gasteiger partial charge on any atom is 0.219 e. The van der Waals surface area contributed by atoms with Crippen LogP contribution in [0.15, 0.2) is 4.42 Å². The minimum atomic E-state index is 0.280. The van der Waals surface area contributed by atoms with Gasteiger partial charge in [0.25, 0.3) is 0 Å². The molecular formula is C10H17N3O2. The number of hydrogen-bond donors (Lipinski definition) is 1. The van der Waals surface area contributed by atoms with E-state index >= 15 is 0 Å². The molecule has 84 valence electrons. The second-order valence-corrected chi connectivity index (χ2v) is 3.78. The van der Waals surface area contributed by atoms with Crippen LogP contribution in [0.4, 0.5) is 0 Å². The lowest BCUT2D eigenvalue weighted by Crippen LogP contribution is -2.10. The molecule has 15 heavy (non-hydrogen) atoms. The number of nitrogens with one attached hydrogen (secondary N) is 1. The van der Waals surface area contributed by atoms with Crippen molar-refractivity contribution in [2.24, 2.45) is 0 Å². The van der Waals surface area contributed by atoms with Crippen molar-refractivity contribution in [3.8, 4) is 0 Å². The SMILES string of the molecule is CNCCc1nnc(CC2CCCO2)o1. The average molecular weight is 211 g/mol. The van der Waals surface area contributed by atoms with Crippen LogP contribution in [-0.4, -0.2) is 36.5 Å². The first-order chi connectivity index (χ1) is 7.38. The maximum atomic E-state index is 5.51. The van der Waals surface area contributed by atoms with Gasteiger partial charge in [-0.2, -0.15) is 0 Å². The molecule has 1 aromatic heterocycles. The predicted molar refractivity (Wildman–Crippen MR) is 54.6 cm³/mol. The first-order valence-electron chi connectivity index (χ1n) is 5.46. The zero-order chi connectivity index (χ0) is 10.5. The highest BCUT2D eigenvalue weighted by Crippen LogP contribution is 2.16. The Morgan fingerprint density at radius 1 is 1.40 bits per heavy atom. The molecule has 5 heteroatoms. The summed E-state index contributed by atoms with van der Waals surface area (Å²) in [6.07, 6.45) is 4.07. The van der Waals surface area contributed by atoms with E-state index in [2.05, 4.69) is 15.5 Å². The minimum absolute atomic E-state index is 0.280. The molecular weight excluding hydrogens is 194 g/mol. The van der Waals surface area contributed by atoms with E-state index in [0.717, 1.165) is 38.8 Å². The zero-order valence-corrected chi connectivity index (χ0v) is 9.03. The van der Waals surface area contributed by atoms with E-state index in [1.807, 2.05) is 7.05 Å². The molecule has 0 bridgehead atoms. The Bertz CT molecular complexity index is 295. The van der Waals surface area contributed by atoms with E-state index in [-0.39, 0.29) is 6.10 Å². The summed E-state index contributed by atoms with van der Waals surface area (Å²) in [7, 11) is 1.91. The third-order valence-electron chi connectivity index (χ3n) is 2.52. The molecule has 0 aliphatic carbocycles. The number of ether oxygens (including phenoxy) is 1. The van der Waals surface area contributed by atoms with Crippen LogP contribution in [0.1, 0.15) is 24.6 Å². The third kappa shape index (κ3) is 3.00. The Morgan fingerprint density at radius 2 is 2.27 bits per heavy atom. The van der Waals surface area contributed by atoms with Gasteiger partial charge in [-0.05, 0) is 19.9 Å². The quantitative estimate of drug-likeness (QED) is 0.770. The van der Waals surface area contributed by atoms with Crippen LogP contribution < -0.4 is 5.32 Å². The number of aromatic nitrogens is 2. The molecule has 1 atom stereocenters. The molecule has 1 unspecified atom stereocenters. The summed E-state index contributed by atoms with van der Waals surface area (Å²) < 4.78 is 11.0. The fourth-order valence-electron chi connectivity index (χ4n) is 1.70. The summed E-state index contributed by atoms with van der Waals surface area (Å²) in [5.74, 6) is 1.41. The molecule has 1 aliphatic heterocycles. The van der Waals surface area contributed by atoms with Crippen molar-refractivity contribution in [1.29, 1.82) is 0 Å². The van der Waals surface area contributed by atoms with Crippen LogP contribution in [0.25, 0.3) is 0 Å². The highest BCUT2D eigenvalue weighted by atomic mass is 16.5. The number of likely N-dealkylation sites (N-methyl/N-ethyl adjacent to an activating group) is 1. The van der Waals surface area contributed by atoms with Gasteiger partial charge >= 0.3 is 0 Å². The second-order valence-electron chi connectivity index (χ2n) is 3.78. The van der Waals surface area contributed by atoms with Gasteiger partial charge in [-0.25, -0.2) is 0 Å². The Morgan fingerprint density at radius 3 is 3.00 bits per heavy atom. The Labute approximate surface area is 89.2 Å². The van der Waals surface area contributed by atoms with Crippen LogP contribution in [-0.2, 0) is 17.6 Å². The van der Waals surface area contributed by atoms with Crippen molar-refractivity contribution in [1.82, 2.24) is 15.5 Å². The topological polar surface area (TPSA) is 60.2 Å². The fourth-order valence-corrected chi connectivity index (χ4v) is 1.70. The number of rotatable bonds is 5. The van der Waals surface area contributed by atoms with Gasteiger partial charge in [0, 0.05) is 19.6 Å². The standard InChI is InChI=1S/C10H17N3O2/c1-11-5-4-9-12-13-10(15-9)7-8-3-2-6-14-8/h8,11H,2-7H2,1H3. The molecule has 5 nitrogen and oxygen atoms in total. The lowest BCUT2D eigenvalue weighted by atomic mass is 10.2. The lowest BCUT2D eigenvalue weighted by molar-refractivity contribution is 0.105. The van der Waals surface area contributed by atoms with Gasteiger partial charge in [-0.1, -0.05) is 0 Å². The molecule has 0 spiro atoms. The van der Waals surface area contributed by atoms with Crippen molar-refractivity contribution in [3.63, 3.8) is 0 Å². The van der Waals surface area contributed by atoms with E-state index in [0.29, 0.717) is 11.8 Å². The first kappa shape index (κ1) is 10.6. The number of nitrogens with zero attached hydrogens (tertiary/aromatic N) is 2. The van der Waals surface area contributed by atoms with Gasteiger partial charge in [0.15, 0.2) is 0 Å². The summed E-state index contributed by atoms with van der Waals surface area (Å²) in [4.78, 5) is 0. The van der Waals surface area contributed by atoms with Crippen LogP contribution in [0, 0.1) is 0 Å². The molecule has 2 rings (SSSR count). The predicted octanol–water partition coefficient (Wildman–Crippen LogP) is 0.553. The van der Waals surface area contributed by atoms with Gasteiger partial charge in [-0.3, -0.25) is 0 Å². The molecule has 1 saturated heterocycles. The van der Waals surface area contributed by atoms with Crippen molar-refractivity contribution in [3.05, 3.63) is 11.8 Å². The van der Waals surface area contributed by atoms with Gasteiger partial charge in [0.05, 0.1) is 12.5 Å². The van der Waals surface area contributed by atoms with E-state index in [4.69, 9.17) is 9.15 Å². The molecule has 0 radical (unpaired) electrons. The van der Waals surface area contributed by atoms with Crippen molar-refractivity contribution in [2.45, 2.75) is 31.8 Å². The summed E-state index contributed by atoms with van der Waals surface area (Å²) in [5, 5.41) is 11.0. The first-order valence-corrected chi connectivity index (χ1v) is 5.46. The molecule has 1 aromatic rings. The van der Waals surface area contributed by atoms with Crippen molar-refractivity contribution in [2.75, 3.05) is 20.2 Å². The van der Waals surface area contributed by atoms with Gasteiger partial charge in [0.1, 0.15) is 0 Å². The van der Waals surface area contributed by atoms with Crippen LogP contribution >= 0.6 is 0 Å². The van der Waals surface area contributed by atoms with E-state index in [1.54, 1.807) is 0 Å². The zero-order valence-electron chi connectivity index (χ0n) is 9.03. The number of hydrogen-bond acceptors (Lipinski definition) is 5. The molecule has 0 saturated carbocycles. The van der Waals surface area contributed by atoms with E-state index in [9.17, 15) is 0 Å². The molecule has 2 heterocycles. The second kappa shape index (κ2) is 5.23. The summed E-state index contributed by atoms with van der Waals surface area (Å²) >= 11 is 0. The summed E-state index contributed by atoms with van der Waals surface area (Å²) in [5.41, 5.74) is 0. The molecule has 1 aliphatic rings. The normalized spacial score (nSPS) is 21.0. The molecule has 0 aromatic carbocycles. The Hall–Kier alpha value is -0.940. The highest BCUT2D eigenvalue weighted by molar-refractivity contribution is 4.86. The lowest BCUT2D eigenvalue weighted by Gasteiger charge is -2.04. The highest BCUT2D eigenvalue weighted by Gasteiger charge is 2.19. The van der Waals surface area contributed by atoms with Crippen LogP contribution in [0.2, 0.25) is 0 Å². The Balaban J connectivity index is 1.83. The van der Waals surface area contributed by atoms with Gasteiger partial charge < -0.3 is 14.5 Å². The molecule has 0 amide bonds. The largest absolute Gasteiger partial charge is 0.425 e. The molecule has 1 fully saturated rings. The van der Waals surface area contributed by atoms with Gasteiger partial charge in [-0.15, -0.1) is 10.2 Å². The third-order valence-corrected chi connectivity index (χ3v) is 2.52. The molecule has 1 N–H and O–H groups in total. The summed E-state index contributed by atoms with van der Waals surface area (Å²) in [6, 6.07) is 0. The van der Waals surface area contributed by atoms with Gasteiger partial charge in [0.2, 0.25) is 11.8 Å². The fraction of sp³-hybridized carbons (Fsp3) is 0.800. The van der Waals surface area contributed by atoms with Crippen molar-refractivity contribution < 1.29 is 9.15 Å². The van der Waals surface area contributed by atoms with E-state index in [1.165, 1.54) is 0 Å². The summed E-state index contributed by atoms with van der Waals surface area (Å²) in [6.45, 7) is 1.73. The van der Waals surface area contributed by atoms with Crippen molar-refractivity contribution >= 4 is 0 Å². The van der Waals surface area contributed by atoms with E-state index < -0.39 is 0 Å².